The molecule has 0 spiro atoms. The van der Waals surface area contributed by atoms with E-state index in [9.17, 15) is 27.3 Å². The smallest absolute Gasteiger partial charge is 0.810 e. The van der Waals surface area contributed by atoms with E-state index in [1.54, 1.807) is 0 Å². The maximum absolute atomic E-state index is 11.1. The molecule has 0 fully saturated rings. The monoisotopic (exact) mass is 525 g/mol. The molecule has 0 aliphatic carbocycles. The molecule has 0 bridgehead atoms. The zero-order valence-corrected chi connectivity index (χ0v) is 28.8. The minimum atomic E-state index is -5.49. The van der Waals surface area contributed by atoms with E-state index in [2.05, 4.69) is 11.5 Å². The van der Waals surface area contributed by atoms with Crippen molar-refractivity contribution in [1.29, 1.82) is 0 Å². The van der Waals surface area contributed by atoms with Crippen molar-refractivity contribution >= 4 is 39.5 Å². The Bertz CT molecular complexity index is 1150. The van der Waals surface area contributed by atoms with Crippen molar-refractivity contribution in [2.75, 3.05) is 0 Å². The van der Waals surface area contributed by atoms with Gasteiger partial charge in [-0.3, -0.25) is 0 Å². The molecule has 1 aromatic heterocycles. The molecule has 146 valence electrons. The van der Waals surface area contributed by atoms with Gasteiger partial charge in [-0.2, -0.15) is 0 Å². The van der Waals surface area contributed by atoms with Crippen LogP contribution in [-0.4, -0.2) is 22.5 Å². The summed E-state index contributed by atoms with van der Waals surface area (Å²) in [5.74, 6) is 0. The molecule has 0 radical (unpaired) electrons. The predicted octanol–water partition coefficient (Wildman–Crippen LogP) is -7.07. The Morgan fingerprint density at radius 1 is 1.00 bits per heavy atom. The maximum atomic E-state index is 11.1. The van der Waals surface area contributed by atoms with Gasteiger partial charge in [0.1, 0.15) is 10.1 Å². The van der Waals surface area contributed by atoms with Crippen LogP contribution in [0.5, 0.6) is 0 Å². The van der Waals surface area contributed by atoms with Gasteiger partial charge in [0, 0.05) is 28.4 Å². The van der Waals surface area contributed by atoms with E-state index in [1.807, 2.05) is 42.5 Å². The summed E-state index contributed by atoms with van der Waals surface area (Å²) in [6, 6.07) is 13.9. The number of hydrogen-bond acceptors (Lipinski definition) is 6. The number of rotatable bonds is 7. The summed E-state index contributed by atoms with van der Waals surface area (Å²) in [4.78, 5) is 19.7. The quantitative estimate of drug-likeness (QED) is 0.172. The normalized spacial score (nSPS) is 12.7. The molecule has 1 heterocycles. The molecular formula is C18H19K3NO6PS. The molecule has 0 saturated carbocycles. The van der Waals surface area contributed by atoms with Crippen LogP contribution in [0.4, 0.5) is 0 Å². The maximum Gasteiger partial charge on any atom is 1.00 e. The van der Waals surface area contributed by atoms with E-state index in [1.165, 1.54) is 0 Å². The Morgan fingerprint density at radius 2 is 1.60 bits per heavy atom. The third kappa shape index (κ3) is 8.12. The number of benzene rings is 2. The van der Waals surface area contributed by atoms with E-state index in [0.717, 1.165) is 33.9 Å². The molecule has 7 nitrogen and oxygen atoms in total. The summed E-state index contributed by atoms with van der Waals surface area (Å²) in [7, 11) is -10.7. The average molecular weight is 526 g/mol. The van der Waals surface area contributed by atoms with Gasteiger partial charge in [-0.1, -0.05) is 31.9 Å². The Kier molecular flexibility index (Phi) is 15.6. The number of nitrogens with zero attached hydrogens (tertiary/aromatic N) is 1. The number of fused-ring (bicyclic) bond motifs is 3. The van der Waals surface area contributed by atoms with Crippen molar-refractivity contribution < 1.29 is 181 Å². The van der Waals surface area contributed by atoms with E-state index in [0.29, 0.717) is 6.42 Å². The second kappa shape index (κ2) is 14.1. The molecule has 3 aromatic rings. The minimum absolute atomic E-state index is 0. The molecule has 12 heteroatoms. The number of aryl methyl sites for hydroxylation is 2. The van der Waals surface area contributed by atoms with E-state index >= 15 is 0 Å². The van der Waals surface area contributed by atoms with E-state index < -0.39 is 29.1 Å². The zero-order chi connectivity index (χ0) is 19.8. The Labute approximate surface area is 304 Å². The average Bonchev–Trinajstić information content (AvgIpc) is 2.89. The van der Waals surface area contributed by atoms with Crippen LogP contribution in [0, 0.1) is 0 Å². The summed E-state index contributed by atoms with van der Waals surface area (Å²) < 4.78 is 46.4. The van der Waals surface area contributed by atoms with Gasteiger partial charge in [0.25, 0.3) is 0 Å². The van der Waals surface area contributed by atoms with Crippen molar-refractivity contribution in [3.63, 3.8) is 0 Å². The topological polar surface area (TPSA) is 125 Å². The molecule has 0 aliphatic heterocycles. The second-order valence-corrected chi connectivity index (χ2v) is 10.1. The first kappa shape index (κ1) is 33.2. The molecule has 1 atom stereocenters. The standard InChI is InChI=1S/C18H22NO6PS.3K/c1-2-19-16-8-4-3-7-14(16)15-12-13(10-11-17(15)19)6-5-9-18(26(20,21)22)27(23,24)25;;;/h3-4,7-8,10-12,18H,2,5-6,9H2,1H3,(H2,20,21,22)(H,23,24,25);;;/q;3*+1/p-3. The Morgan fingerprint density at radius 3 is 2.17 bits per heavy atom. The van der Waals surface area contributed by atoms with Crippen LogP contribution in [0.1, 0.15) is 25.3 Å². The first-order valence-electron chi connectivity index (χ1n) is 8.59. The van der Waals surface area contributed by atoms with Gasteiger partial charge in [0.05, 0.1) is 4.99 Å². The van der Waals surface area contributed by atoms with Crippen molar-refractivity contribution in [1.82, 2.24) is 4.57 Å². The first-order valence-corrected chi connectivity index (χ1v) is 11.7. The van der Waals surface area contributed by atoms with Crippen LogP contribution in [-0.2, 0) is 27.6 Å². The number of para-hydroxylation sites is 1. The molecule has 0 aliphatic rings. The van der Waals surface area contributed by atoms with Crippen LogP contribution in [0.2, 0.25) is 0 Å². The van der Waals surface area contributed by atoms with Crippen LogP contribution < -0.4 is 164 Å². The third-order valence-corrected chi connectivity index (χ3v) is 8.17. The summed E-state index contributed by atoms with van der Waals surface area (Å²) >= 11 is 0. The number of hydrogen-bond donors (Lipinski definition) is 0. The fraction of sp³-hybridized carbons (Fsp3) is 0.333. The molecule has 0 N–H and O–H groups in total. The van der Waals surface area contributed by atoms with Crippen molar-refractivity contribution in [3.05, 3.63) is 48.0 Å². The molecule has 0 amide bonds. The Hall–Kier alpha value is 3.21. The zero-order valence-electron chi connectivity index (χ0n) is 17.7. The fourth-order valence-corrected chi connectivity index (χ4v) is 5.76. The largest absolute Gasteiger partial charge is 1.00 e. The van der Waals surface area contributed by atoms with Gasteiger partial charge in [-0.05, 0) is 49.9 Å². The molecule has 1 unspecified atom stereocenters. The van der Waals surface area contributed by atoms with Gasteiger partial charge in [-0.15, -0.1) is 0 Å². The van der Waals surface area contributed by atoms with Crippen molar-refractivity contribution in [2.24, 2.45) is 0 Å². The summed E-state index contributed by atoms with van der Waals surface area (Å²) in [6.45, 7) is 2.88. The first-order chi connectivity index (χ1) is 12.6. The minimum Gasteiger partial charge on any atom is -0.810 e. The van der Waals surface area contributed by atoms with Gasteiger partial charge in [-0.25, -0.2) is 8.42 Å². The predicted molar refractivity (Wildman–Crippen MR) is 99.1 cm³/mol. The molecule has 3 rings (SSSR count). The van der Waals surface area contributed by atoms with Crippen molar-refractivity contribution in [3.8, 4) is 0 Å². The van der Waals surface area contributed by atoms with Crippen molar-refractivity contribution in [2.45, 2.75) is 37.7 Å². The third-order valence-electron chi connectivity index (χ3n) is 4.76. The van der Waals surface area contributed by atoms with Crippen LogP contribution >= 0.6 is 7.60 Å². The van der Waals surface area contributed by atoms with E-state index in [4.69, 9.17) is 0 Å². The molecule has 30 heavy (non-hydrogen) atoms. The van der Waals surface area contributed by atoms with Gasteiger partial charge in [0.15, 0.2) is 0 Å². The SMILES string of the molecule is CCn1c2ccccc2c2cc(CCCC(P(=O)([O-])[O-])S(=O)(=O)[O-])ccc21.[K+].[K+].[K+]. The van der Waals surface area contributed by atoms with Gasteiger partial charge in [0.2, 0.25) is 0 Å². The van der Waals surface area contributed by atoms with Gasteiger partial charge < -0.3 is 23.5 Å². The summed E-state index contributed by atoms with van der Waals surface area (Å²) in [6.07, 6.45) is -0.0169. The molecule has 0 saturated heterocycles. The van der Waals surface area contributed by atoms with Crippen LogP contribution in [0.15, 0.2) is 42.5 Å². The van der Waals surface area contributed by atoms with Crippen LogP contribution in [0.25, 0.3) is 21.8 Å². The number of aromatic nitrogens is 1. The summed E-state index contributed by atoms with van der Waals surface area (Å²) in [5, 5.41) is 2.15. The second-order valence-electron chi connectivity index (χ2n) is 6.49. The Balaban J connectivity index is 0.00000280. The fourth-order valence-electron chi connectivity index (χ4n) is 3.54. The van der Waals surface area contributed by atoms with Gasteiger partial charge >= 0.3 is 154 Å². The summed E-state index contributed by atoms with van der Waals surface area (Å²) in [5.41, 5.74) is 3.07. The van der Waals surface area contributed by atoms with E-state index in [-0.39, 0.29) is 161 Å². The molecule has 2 aromatic carbocycles. The molecular weight excluding hydrogens is 507 g/mol. The van der Waals surface area contributed by atoms with Crippen LogP contribution in [0.3, 0.4) is 0 Å².